The Morgan fingerprint density at radius 1 is 1.10 bits per heavy atom. The molecule has 0 spiro atoms. The third-order valence-corrected chi connectivity index (χ3v) is 4.74. The summed E-state index contributed by atoms with van der Waals surface area (Å²) in [5.41, 5.74) is 1.45. The van der Waals surface area contributed by atoms with Crippen LogP contribution in [0.4, 0.5) is 0 Å². The van der Waals surface area contributed by atoms with Crippen molar-refractivity contribution >= 4 is 0 Å². The highest BCUT2D eigenvalue weighted by molar-refractivity contribution is 5.21. The summed E-state index contributed by atoms with van der Waals surface area (Å²) in [6.07, 6.45) is 5.69. The summed E-state index contributed by atoms with van der Waals surface area (Å²) in [6, 6.07) is 13.9. The van der Waals surface area contributed by atoms with Crippen LogP contribution in [-0.2, 0) is 0 Å². The van der Waals surface area contributed by atoms with E-state index >= 15 is 0 Å². The van der Waals surface area contributed by atoms with E-state index in [0.29, 0.717) is 12.0 Å². The molecule has 0 bridgehead atoms. The number of nitriles is 1. The minimum absolute atomic E-state index is 0.211. The van der Waals surface area contributed by atoms with Crippen LogP contribution in [0, 0.1) is 17.2 Å². The van der Waals surface area contributed by atoms with Gasteiger partial charge in [-0.2, -0.15) is 5.26 Å². The zero-order valence-electron chi connectivity index (χ0n) is 13.5. The maximum atomic E-state index is 9.53. The van der Waals surface area contributed by atoms with Gasteiger partial charge in [-0.15, -0.1) is 0 Å². The Bertz CT molecular complexity index is 442. The van der Waals surface area contributed by atoms with Crippen molar-refractivity contribution in [1.29, 1.82) is 5.26 Å². The lowest BCUT2D eigenvalue weighted by Gasteiger charge is -2.40. The summed E-state index contributed by atoms with van der Waals surface area (Å²) < 4.78 is 0. The van der Waals surface area contributed by atoms with E-state index in [0.717, 1.165) is 32.4 Å². The molecular formula is C19H28N2. The van der Waals surface area contributed by atoms with Gasteiger partial charge in [0.05, 0.1) is 12.0 Å². The lowest BCUT2D eigenvalue weighted by Crippen LogP contribution is -2.44. The smallest absolute Gasteiger partial charge is 0.0672 e. The van der Waals surface area contributed by atoms with Crippen LogP contribution in [-0.4, -0.2) is 24.0 Å². The molecule has 1 aliphatic carbocycles. The van der Waals surface area contributed by atoms with E-state index in [1.54, 1.807) is 0 Å². The monoisotopic (exact) mass is 284 g/mol. The second-order valence-corrected chi connectivity index (χ2v) is 6.26. The highest BCUT2D eigenvalue weighted by Gasteiger charge is 2.34. The minimum atomic E-state index is 0.211. The van der Waals surface area contributed by atoms with Gasteiger partial charge < -0.3 is 0 Å². The molecule has 3 atom stereocenters. The van der Waals surface area contributed by atoms with Crippen molar-refractivity contribution in [3.63, 3.8) is 0 Å². The van der Waals surface area contributed by atoms with Crippen LogP contribution in [0.3, 0.4) is 0 Å². The van der Waals surface area contributed by atoms with E-state index in [2.05, 4.69) is 55.1 Å². The molecule has 3 unspecified atom stereocenters. The zero-order valence-corrected chi connectivity index (χ0v) is 13.5. The second-order valence-electron chi connectivity index (χ2n) is 6.26. The van der Waals surface area contributed by atoms with Crippen LogP contribution in [0.15, 0.2) is 30.3 Å². The maximum absolute atomic E-state index is 9.53. The first-order valence-electron chi connectivity index (χ1n) is 8.48. The molecule has 2 rings (SSSR count). The van der Waals surface area contributed by atoms with Gasteiger partial charge in [-0.05, 0) is 56.7 Å². The van der Waals surface area contributed by atoms with Gasteiger partial charge in [0.2, 0.25) is 0 Å². The van der Waals surface area contributed by atoms with Crippen LogP contribution in [0.2, 0.25) is 0 Å². The molecule has 1 aliphatic rings. The van der Waals surface area contributed by atoms with E-state index in [-0.39, 0.29) is 5.92 Å². The molecule has 0 radical (unpaired) electrons. The number of hydrogen-bond acceptors (Lipinski definition) is 2. The fraction of sp³-hybridized carbons (Fsp3) is 0.632. The molecule has 114 valence electrons. The largest absolute Gasteiger partial charge is 0.299 e. The number of benzene rings is 1. The Kier molecular flexibility index (Phi) is 6.26. The first-order chi connectivity index (χ1) is 10.3. The summed E-state index contributed by atoms with van der Waals surface area (Å²) in [7, 11) is 0. The molecule has 0 aromatic heterocycles. The third kappa shape index (κ3) is 4.08. The molecule has 0 heterocycles. The van der Waals surface area contributed by atoms with Gasteiger partial charge in [0.25, 0.3) is 0 Å². The highest BCUT2D eigenvalue weighted by atomic mass is 15.2. The van der Waals surface area contributed by atoms with Crippen molar-refractivity contribution in [2.45, 2.75) is 57.9 Å². The second kappa shape index (κ2) is 8.20. The standard InChI is InChI=1S/C19H28N2/c1-3-12-21(13-4-2)19-14-17(10-11-18(19)15-20)16-8-6-5-7-9-16/h5-9,17-19H,3-4,10-14H2,1-2H3. The van der Waals surface area contributed by atoms with Gasteiger partial charge in [-0.25, -0.2) is 0 Å². The molecule has 0 N–H and O–H groups in total. The van der Waals surface area contributed by atoms with E-state index in [9.17, 15) is 5.26 Å². The van der Waals surface area contributed by atoms with E-state index in [1.807, 2.05) is 0 Å². The molecule has 0 amide bonds. The maximum Gasteiger partial charge on any atom is 0.0672 e. The van der Waals surface area contributed by atoms with Crippen LogP contribution >= 0.6 is 0 Å². The summed E-state index contributed by atoms with van der Waals surface area (Å²) in [4.78, 5) is 2.57. The Balaban J connectivity index is 2.13. The van der Waals surface area contributed by atoms with Crippen molar-refractivity contribution in [2.24, 2.45) is 5.92 Å². The third-order valence-electron chi connectivity index (χ3n) is 4.74. The van der Waals surface area contributed by atoms with Crippen LogP contribution < -0.4 is 0 Å². The lowest BCUT2D eigenvalue weighted by atomic mass is 9.75. The van der Waals surface area contributed by atoms with Crippen molar-refractivity contribution in [1.82, 2.24) is 4.90 Å². The predicted octanol–water partition coefficient (Wildman–Crippen LogP) is 4.58. The van der Waals surface area contributed by atoms with Gasteiger partial charge in [0.1, 0.15) is 0 Å². The summed E-state index contributed by atoms with van der Waals surface area (Å²) in [5.74, 6) is 0.833. The Morgan fingerprint density at radius 3 is 2.33 bits per heavy atom. The summed E-state index contributed by atoms with van der Waals surface area (Å²) in [5, 5.41) is 9.53. The van der Waals surface area contributed by atoms with Crippen molar-refractivity contribution < 1.29 is 0 Å². The zero-order chi connectivity index (χ0) is 15.1. The molecule has 0 saturated heterocycles. The van der Waals surface area contributed by atoms with Crippen LogP contribution in [0.1, 0.15) is 57.4 Å². The van der Waals surface area contributed by atoms with Gasteiger partial charge in [-0.1, -0.05) is 44.2 Å². The molecule has 1 fully saturated rings. The van der Waals surface area contributed by atoms with Gasteiger partial charge in [0.15, 0.2) is 0 Å². The first kappa shape index (κ1) is 16.0. The normalized spacial score (nSPS) is 25.7. The molecular weight excluding hydrogens is 256 g/mol. The predicted molar refractivity (Wildman–Crippen MR) is 88.1 cm³/mol. The fourth-order valence-corrected chi connectivity index (χ4v) is 3.75. The molecule has 2 nitrogen and oxygen atoms in total. The molecule has 1 aromatic rings. The first-order valence-corrected chi connectivity index (χ1v) is 8.48. The van der Waals surface area contributed by atoms with Crippen LogP contribution in [0.25, 0.3) is 0 Å². The number of hydrogen-bond donors (Lipinski definition) is 0. The minimum Gasteiger partial charge on any atom is -0.299 e. The average molecular weight is 284 g/mol. The quantitative estimate of drug-likeness (QED) is 0.764. The lowest BCUT2D eigenvalue weighted by molar-refractivity contribution is 0.117. The van der Waals surface area contributed by atoms with Gasteiger partial charge in [0, 0.05) is 6.04 Å². The van der Waals surface area contributed by atoms with Crippen molar-refractivity contribution in [2.75, 3.05) is 13.1 Å². The SMILES string of the molecule is CCCN(CCC)C1CC(c2ccccc2)CCC1C#N. The molecule has 2 heteroatoms. The van der Waals surface area contributed by atoms with Crippen molar-refractivity contribution in [3.8, 4) is 6.07 Å². The Labute approximate surface area is 129 Å². The number of nitrogens with zero attached hydrogens (tertiary/aromatic N) is 2. The molecule has 1 saturated carbocycles. The van der Waals surface area contributed by atoms with Crippen LogP contribution in [0.5, 0.6) is 0 Å². The summed E-state index contributed by atoms with van der Waals surface area (Å²) in [6.45, 7) is 6.72. The fourth-order valence-electron chi connectivity index (χ4n) is 3.75. The summed E-state index contributed by atoms with van der Waals surface area (Å²) >= 11 is 0. The van der Waals surface area contributed by atoms with Gasteiger partial charge in [-0.3, -0.25) is 4.90 Å². The Hall–Kier alpha value is -1.33. The van der Waals surface area contributed by atoms with E-state index in [1.165, 1.54) is 18.4 Å². The average Bonchev–Trinajstić information content (AvgIpc) is 2.55. The topological polar surface area (TPSA) is 27.0 Å². The Morgan fingerprint density at radius 2 is 1.76 bits per heavy atom. The van der Waals surface area contributed by atoms with E-state index in [4.69, 9.17) is 0 Å². The molecule has 21 heavy (non-hydrogen) atoms. The molecule has 1 aromatic carbocycles. The number of rotatable bonds is 6. The van der Waals surface area contributed by atoms with E-state index < -0.39 is 0 Å². The van der Waals surface area contributed by atoms with Crippen molar-refractivity contribution in [3.05, 3.63) is 35.9 Å². The highest BCUT2D eigenvalue weighted by Crippen LogP contribution is 2.38. The van der Waals surface area contributed by atoms with Gasteiger partial charge >= 0.3 is 0 Å². The molecule has 0 aliphatic heterocycles.